The molecule has 0 spiro atoms. The lowest BCUT2D eigenvalue weighted by Gasteiger charge is -2.17. The summed E-state index contributed by atoms with van der Waals surface area (Å²) in [5, 5.41) is 11.2. The number of rotatable bonds is 6. The van der Waals surface area contributed by atoms with Gasteiger partial charge in [0, 0.05) is 35.0 Å². The number of amides is 1. The Hall–Kier alpha value is -2.67. The molecular formula is C18H19ClN2O5. The second-order valence-corrected chi connectivity index (χ2v) is 6.19. The van der Waals surface area contributed by atoms with E-state index in [2.05, 4.69) is 0 Å². The normalized spacial score (nSPS) is 15.8. The molecule has 1 aliphatic rings. The van der Waals surface area contributed by atoms with Crippen LogP contribution in [0.15, 0.2) is 35.0 Å². The summed E-state index contributed by atoms with van der Waals surface area (Å²) in [6.07, 6.45) is 3.07. The van der Waals surface area contributed by atoms with Gasteiger partial charge in [-0.1, -0.05) is 24.9 Å². The molecular weight excluding hydrogens is 360 g/mol. The summed E-state index contributed by atoms with van der Waals surface area (Å²) >= 11 is 6.12. The lowest BCUT2D eigenvalue weighted by molar-refractivity contribution is -0.384. The number of allylic oxidation sites excluding steroid dienone is 1. The van der Waals surface area contributed by atoms with Crippen LogP contribution in [0.4, 0.5) is 5.69 Å². The lowest BCUT2D eigenvalue weighted by atomic mass is 10.0. The van der Waals surface area contributed by atoms with Gasteiger partial charge in [0.2, 0.25) is 0 Å². The summed E-state index contributed by atoms with van der Waals surface area (Å²) < 4.78 is 4.81. The molecule has 0 N–H and O–H groups in total. The van der Waals surface area contributed by atoms with Crippen LogP contribution in [0.2, 0.25) is 5.02 Å². The second-order valence-electron chi connectivity index (χ2n) is 5.78. The summed E-state index contributed by atoms with van der Waals surface area (Å²) in [7, 11) is 1.24. The number of nitrogens with zero attached hydrogens (tertiary/aromatic N) is 2. The summed E-state index contributed by atoms with van der Waals surface area (Å²) in [4.78, 5) is 37.0. The van der Waals surface area contributed by atoms with Gasteiger partial charge in [-0.05, 0) is 25.5 Å². The SMILES string of the molecule is CCCCN1C(=O)/C(=C\c2cc([N+](=O)[O-])ccc2Cl)C(C(=O)OC)=C1C. The molecule has 2 rings (SSSR count). The largest absolute Gasteiger partial charge is 0.465 e. The fourth-order valence-corrected chi connectivity index (χ4v) is 2.90. The van der Waals surface area contributed by atoms with Crippen molar-refractivity contribution in [2.24, 2.45) is 0 Å². The first kappa shape index (κ1) is 19.7. The fourth-order valence-electron chi connectivity index (χ4n) is 2.72. The number of methoxy groups -OCH3 is 1. The first-order chi connectivity index (χ1) is 12.3. The Labute approximate surface area is 156 Å². The molecule has 0 fully saturated rings. The molecule has 0 aliphatic carbocycles. The van der Waals surface area contributed by atoms with Gasteiger partial charge in [0.25, 0.3) is 11.6 Å². The van der Waals surface area contributed by atoms with E-state index in [4.69, 9.17) is 16.3 Å². The topological polar surface area (TPSA) is 89.8 Å². The third-order valence-electron chi connectivity index (χ3n) is 4.13. The van der Waals surface area contributed by atoms with Gasteiger partial charge in [-0.25, -0.2) is 4.79 Å². The average molecular weight is 379 g/mol. The van der Waals surface area contributed by atoms with Gasteiger partial charge in [0.1, 0.15) is 0 Å². The molecule has 0 saturated carbocycles. The Balaban J connectivity index is 2.57. The molecule has 0 radical (unpaired) electrons. The highest BCUT2D eigenvalue weighted by atomic mass is 35.5. The van der Waals surface area contributed by atoms with Crippen molar-refractivity contribution in [3.63, 3.8) is 0 Å². The van der Waals surface area contributed by atoms with Gasteiger partial charge in [0.05, 0.1) is 23.2 Å². The van der Waals surface area contributed by atoms with Crippen molar-refractivity contribution < 1.29 is 19.2 Å². The van der Waals surface area contributed by atoms with Crippen LogP contribution in [0.1, 0.15) is 32.3 Å². The number of carbonyl (C=O) groups is 2. The fraction of sp³-hybridized carbons (Fsp3) is 0.333. The van der Waals surface area contributed by atoms with Crippen LogP contribution in [0.5, 0.6) is 0 Å². The number of halogens is 1. The van der Waals surface area contributed by atoms with Gasteiger partial charge in [-0.2, -0.15) is 0 Å². The van der Waals surface area contributed by atoms with Gasteiger partial charge in [-0.15, -0.1) is 0 Å². The highest BCUT2D eigenvalue weighted by molar-refractivity contribution is 6.32. The van der Waals surface area contributed by atoms with Crippen molar-refractivity contribution in [2.75, 3.05) is 13.7 Å². The quantitative estimate of drug-likeness (QED) is 0.325. The molecule has 1 aromatic carbocycles. The Morgan fingerprint density at radius 1 is 1.42 bits per heavy atom. The first-order valence-corrected chi connectivity index (χ1v) is 8.46. The molecule has 7 nitrogen and oxygen atoms in total. The van der Waals surface area contributed by atoms with E-state index in [0.29, 0.717) is 12.2 Å². The highest BCUT2D eigenvalue weighted by Crippen LogP contribution is 2.33. The Morgan fingerprint density at radius 2 is 2.12 bits per heavy atom. The number of hydrogen-bond acceptors (Lipinski definition) is 5. The van der Waals surface area contributed by atoms with Crippen molar-refractivity contribution in [2.45, 2.75) is 26.7 Å². The third kappa shape index (κ3) is 3.77. The average Bonchev–Trinajstić information content (AvgIpc) is 2.84. The third-order valence-corrected chi connectivity index (χ3v) is 4.47. The van der Waals surface area contributed by atoms with Gasteiger partial charge >= 0.3 is 5.97 Å². The number of nitro groups is 1. The molecule has 1 aromatic rings. The zero-order chi connectivity index (χ0) is 19.4. The summed E-state index contributed by atoms with van der Waals surface area (Å²) in [6.45, 7) is 4.15. The standard InChI is InChI=1S/C18H19ClN2O5/c1-4-5-8-20-11(2)16(18(23)26-3)14(17(20)22)10-12-9-13(21(24)25)6-7-15(12)19/h6-7,9-10H,4-5,8H2,1-3H3/b14-10-. The minimum Gasteiger partial charge on any atom is -0.465 e. The molecule has 1 amide bonds. The Kier molecular flexibility index (Phi) is 6.15. The van der Waals surface area contributed by atoms with Crippen LogP contribution in [-0.4, -0.2) is 35.4 Å². The van der Waals surface area contributed by atoms with Crippen molar-refractivity contribution in [3.05, 3.63) is 55.7 Å². The summed E-state index contributed by atoms with van der Waals surface area (Å²) in [6, 6.07) is 3.92. The maximum Gasteiger partial charge on any atom is 0.340 e. The van der Waals surface area contributed by atoms with Crippen LogP contribution in [0.3, 0.4) is 0 Å². The number of nitro benzene ring substituents is 1. The molecule has 0 unspecified atom stereocenters. The van der Waals surface area contributed by atoms with Crippen LogP contribution < -0.4 is 0 Å². The van der Waals surface area contributed by atoms with E-state index in [-0.39, 0.29) is 33.3 Å². The van der Waals surface area contributed by atoms with E-state index in [9.17, 15) is 19.7 Å². The molecule has 1 aliphatic heterocycles. The smallest absolute Gasteiger partial charge is 0.340 e. The van der Waals surface area contributed by atoms with Gasteiger partial charge in [0.15, 0.2) is 0 Å². The maximum absolute atomic E-state index is 12.8. The van der Waals surface area contributed by atoms with Crippen LogP contribution in [-0.2, 0) is 14.3 Å². The first-order valence-electron chi connectivity index (χ1n) is 8.08. The number of hydrogen-bond donors (Lipinski definition) is 0. The number of carbonyl (C=O) groups excluding carboxylic acids is 2. The monoisotopic (exact) mass is 378 g/mol. The van der Waals surface area contributed by atoms with Crippen molar-refractivity contribution in [1.82, 2.24) is 4.90 Å². The Bertz CT molecular complexity index is 829. The highest BCUT2D eigenvalue weighted by Gasteiger charge is 2.36. The summed E-state index contributed by atoms with van der Waals surface area (Å²) in [5.74, 6) is -0.985. The molecule has 1 heterocycles. The maximum atomic E-state index is 12.8. The number of non-ortho nitro benzene ring substituents is 1. The van der Waals surface area contributed by atoms with Crippen molar-refractivity contribution in [1.29, 1.82) is 0 Å². The minimum atomic E-state index is -0.636. The van der Waals surface area contributed by atoms with E-state index in [1.807, 2.05) is 6.92 Å². The van der Waals surface area contributed by atoms with E-state index in [1.54, 1.807) is 6.92 Å². The van der Waals surface area contributed by atoms with Crippen LogP contribution in [0, 0.1) is 10.1 Å². The molecule has 26 heavy (non-hydrogen) atoms. The van der Waals surface area contributed by atoms with Crippen LogP contribution >= 0.6 is 11.6 Å². The van der Waals surface area contributed by atoms with Gasteiger partial charge < -0.3 is 9.64 Å². The molecule has 138 valence electrons. The molecule has 0 atom stereocenters. The van der Waals surface area contributed by atoms with Crippen molar-refractivity contribution in [3.8, 4) is 0 Å². The number of esters is 1. The molecule has 0 aromatic heterocycles. The van der Waals surface area contributed by atoms with Crippen molar-refractivity contribution >= 4 is 35.2 Å². The molecule has 0 saturated heterocycles. The Morgan fingerprint density at radius 3 is 2.69 bits per heavy atom. The van der Waals surface area contributed by atoms with E-state index in [0.717, 1.165) is 12.8 Å². The second kappa shape index (κ2) is 8.14. The predicted octanol–water partition coefficient (Wildman–Crippen LogP) is 3.72. The zero-order valence-corrected chi connectivity index (χ0v) is 15.5. The summed E-state index contributed by atoms with van der Waals surface area (Å²) in [5.41, 5.74) is 0.901. The van der Waals surface area contributed by atoms with E-state index >= 15 is 0 Å². The van der Waals surface area contributed by atoms with E-state index in [1.165, 1.54) is 36.3 Å². The number of ether oxygens (including phenoxy) is 1. The van der Waals surface area contributed by atoms with Crippen LogP contribution in [0.25, 0.3) is 6.08 Å². The molecule has 0 bridgehead atoms. The minimum absolute atomic E-state index is 0.118. The van der Waals surface area contributed by atoms with Gasteiger partial charge in [-0.3, -0.25) is 14.9 Å². The lowest BCUT2D eigenvalue weighted by Crippen LogP contribution is -2.26. The molecule has 8 heteroatoms. The zero-order valence-electron chi connectivity index (χ0n) is 14.7. The number of unbranched alkanes of at least 4 members (excludes halogenated alkanes) is 1. The van der Waals surface area contributed by atoms with E-state index < -0.39 is 10.9 Å². The predicted molar refractivity (Wildman–Crippen MR) is 97.4 cm³/mol. The number of benzene rings is 1.